The molecule has 1 aliphatic carbocycles. The lowest BCUT2D eigenvalue weighted by Gasteiger charge is -2.33. The summed E-state index contributed by atoms with van der Waals surface area (Å²) in [4.78, 5) is 6.48. The lowest BCUT2D eigenvalue weighted by atomic mass is 10.1. The van der Waals surface area contributed by atoms with Crippen molar-refractivity contribution in [3.63, 3.8) is 0 Å². The van der Waals surface area contributed by atoms with E-state index in [9.17, 15) is 10.2 Å². The van der Waals surface area contributed by atoms with Gasteiger partial charge in [-0.2, -0.15) is 0 Å². The summed E-state index contributed by atoms with van der Waals surface area (Å²) in [6.45, 7) is 2.51. The summed E-state index contributed by atoms with van der Waals surface area (Å²) in [6.07, 6.45) is 4.47. The molecule has 1 saturated carbocycles. The van der Waals surface area contributed by atoms with E-state index in [1.807, 2.05) is 0 Å². The van der Waals surface area contributed by atoms with Crippen LogP contribution in [-0.4, -0.2) is 60.0 Å². The molecule has 2 atom stereocenters. The van der Waals surface area contributed by atoms with Gasteiger partial charge in [0.05, 0.1) is 12.2 Å². The minimum atomic E-state index is -0.156. The van der Waals surface area contributed by atoms with Gasteiger partial charge in [-0.3, -0.25) is 4.99 Å². The normalized spacial score (nSPS) is 29.2. The van der Waals surface area contributed by atoms with Crippen molar-refractivity contribution in [3.8, 4) is 0 Å². The van der Waals surface area contributed by atoms with Crippen LogP contribution in [0.15, 0.2) is 4.99 Å². The second kappa shape index (κ2) is 8.26. The van der Waals surface area contributed by atoms with Crippen molar-refractivity contribution in [2.45, 2.75) is 44.3 Å². The van der Waals surface area contributed by atoms with Gasteiger partial charge in [-0.15, -0.1) is 24.0 Å². The molecule has 6 heteroatoms. The molecule has 112 valence electrons. The van der Waals surface area contributed by atoms with Crippen LogP contribution in [0.5, 0.6) is 0 Å². The van der Waals surface area contributed by atoms with Gasteiger partial charge >= 0.3 is 0 Å². The first kappa shape index (κ1) is 17.0. The van der Waals surface area contributed by atoms with E-state index < -0.39 is 0 Å². The van der Waals surface area contributed by atoms with Crippen molar-refractivity contribution in [1.82, 2.24) is 10.2 Å². The number of aliphatic imine (C=N–C) groups is 1. The van der Waals surface area contributed by atoms with Gasteiger partial charge in [0.1, 0.15) is 0 Å². The van der Waals surface area contributed by atoms with E-state index in [-0.39, 0.29) is 36.2 Å². The molecule has 5 nitrogen and oxygen atoms in total. The topological polar surface area (TPSA) is 68.1 Å². The van der Waals surface area contributed by atoms with E-state index in [2.05, 4.69) is 15.2 Å². The zero-order valence-corrected chi connectivity index (χ0v) is 13.9. The van der Waals surface area contributed by atoms with E-state index in [1.165, 1.54) is 0 Å². The predicted octanol–water partition coefficient (Wildman–Crippen LogP) is 0.797. The molecule has 0 spiro atoms. The highest BCUT2D eigenvalue weighted by molar-refractivity contribution is 14.0. The Bertz CT molecular complexity index is 294. The van der Waals surface area contributed by atoms with Gasteiger partial charge in [-0.25, -0.2) is 0 Å². The minimum absolute atomic E-state index is 0. The van der Waals surface area contributed by atoms with Crippen molar-refractivity contribution < 1.29 is 10.2 Å². The van der Waals surface area contributed by atoms with Crippen molar-refractivity contribution >= 4 is 29.9 Å². The third-order valence-electron chi connectivity index (χ3n) is 4.12. The van der Waals surface area contributed by atoms with E-state index in [0.717, 1.165) is 57.7 Å². The lowest BCUT2D eigenvalue weighted by Crippen LogP contribution is -2.48. The summed E-state index contributed by atoms with van der Waals surface area (Å²) in [5.74, 6) is 1.26. The van der Waals surface area contributed by atoms with E-state index >= 15 is 0 Å². The molecule has 0 aromatic carbocycles. The highest BCUT2D eigenvalue weighted by Crippen LogP contribution is 2.24. The monoisotopic (exact) mass is 383 g/mol. The molecule has 1 heterocycles. The largest absolute Gasteiger partial charge is 0.393 e. The first-order chi connectivity index (χ1) is 8.70. The van der Waals surface area contributed by atoms with Crippen LogP contribution in [0.25, 0.3) is 0 Å². The molecule has 2 aliphatic rings. The van der Waals surface area contributed by atoms with E-state index in [4.69, 9.17) is 0 Å². The Kier molecular flexibility index (Phi) is 7.38. The predicted molar refractivity (Wildman–Crippen MR) is 86.9 cm³/mol. The number of piperidine rings is 1. The summed E-state index contributed by atoms with van der Waals surface area (Å²) < 4.78 is 0. The first-order valence-electron chi connectivity index (χ1n) is 7.02. The maximum Gasteiger partial charge on any atom is 0.193 e. The second-order valence-electron chi connectivity index (χ2n) is 5.40. The fourth-order valence-electron chi connectivity index (χ4n) is 2.89. The summed E-state index contributed by atoms with van der Waals surface area (Å²) in [5, 5.41) is 22.7. The maximum atomic E-state index is 9.79. The number of halogens is 1. The number of nitrogens with one attached hydrogen (secondary N) is 1. The molecule has 0 aromatic heterocycles. The van der Waals surface area contributed by atoms with Gasteiger partial charge in [0, 0.05) is 32.6 Å². The number of likely N-dealkylation sites (tertiary alicyclic amines) is 1. The smallest absolute Gasteiger partial charge is 0.193 e. The molecule has 2 unspecified atom stereocenters. The maximum absolute atomic E-state index is 9.79. The summed E-state index contributed by atoms with van der Waals surface area (Å²) >= 11 is 0. The Balaban J connectivity index is 0.00000180. The van der Waals surface area contributed by atoms with Crippen LogP contribution in [-0.2, 0) is 0 Å². The number of nitrogens with zero attached hydrogens (tertiary/aromatic N) is 2. The number of hydrogen-bond acceptors (Lipinski definition) is 3. The van der Waals surface area contributed by atoms with Gasteiger partial charge in [0.15, 0.2) is 5.96 Å². The molecule has 0 bridgehead atoms. The Morgan fingerprint density at radius 1 is 1.21 bits per heavy atom. The zero-order chi connectivity index (χ0) is 13.0. The summed E-state index contributed by atoms with van der Waals surface area (Å²) in [5.41, 5.74) is 0. The SMILES string of the molecule is CN=C(NCC1CCCC1O)N1CCC(O)CC1.I. The molecule has 19 heavy (non-hydrogen) atoms. The second-order valence-corrected chi connectivity index (χ2v) is 5.40. The van der Waals surface area contributed by atoms with Gasteiger partial charge in [-0.05, 0) is 25.7 Å². The highest BCUT2D eigenvalue weighted by atomic mass is 127. The van der Waals surface area contributed by atoms with E-state index in [1.54, 1.807) is 7.05 Å². The van der Waals surface area contributed by atoms with Crippen LogP contribution in [0.4, 0.5) is 0 Å². The molecular weight excluding hydrogens is 357 g/mol. The number of rotatable bonds is 2. The van der Waals surface area contributed by atoms with E-state index in [0.29, 0.717) is 5.92 Å². The molecule has 1 saturated heterocycles. The van der Waals surface area contributed by atoms with Crippen LogP contribution in [0.2, 0.25) is 0 Å². The quantitative estimate of drug-likeness (QED) is 0.375. The molecule has 0 amide bonds. The molecule has 1 aliphatic heterocycles. The number of aliphatic hydroxyl groups is 2. The van der Waals surface area contributed by atoms with Crippen LogP contribution < -0.4 is 5.32 Å². The number of aliphatic hydroxyl groups excluding tert-OH is 2. The highest BCUT2D eigenvalue weighted by Gasteiger charge is 2.26. The van der Waals surface area contributed by atoms with Crippen molar-refractivity contribution in [2.24, 2.45) is 10.9 Å². The van der Waals surface area contributed by atoms with Gasteiger partial charge in [-0.1, -0.05) is 6.42 Å². The van der Waals surface area contributed by atoms with Crippen LogP contribution >= 0.6 is 24.0 Å². The fraction of sp³-hybridized carbons (Fsp3) is 0.923. The molecule has 3 N–H and O–H groups in total. The molecule has 2 fully saturated rings. The zero-order valence-electron chi connectivity index (χ0n) is 11.6. The molecule has 0 aromatic rings. The lowest BCUT2D eigenvalue weighted by molar-refractivity contribution is 0.107. The molecular formula is C13H26IN3O2. The summed E-state index contributed by atoms with van der Waals surface area (Å²) in [6, 6.07) is 0. The average Bonchev–Trinajstić information content (AvgIpc) is 2.78. The fourth-order valence-corrected chi connectivity index (χ4v) is 2.89. The Morgan fingerprint density at radius 3 is 2.42 bits per heavy atom. The third kappa shape index (κ3) is 4.75. The average molecular weight is 383 g/mol. The van der Waals surface area contributed by atoms with Gasteiger partial charge in [0.2, 0.25) is 0 Å². The third-order valence-corrected chi connectivity index (χ3v) is 4.12. The van der Waals surface area contributed by atoms with Crippen LogP contribution in [0.3, 0.4) is 0 Å². The van der Waals surface area contributed by atoms with Crippen molar-refractivity contribution in [1.29, 1.82) is 0 Å². The molecule has 0 radical (unpaired) electrons. The first-order valence-corrected chi connectivity index (χ1v) is 7.02. The van der Waals surface area contributed by atoms with Crippen LogP contribution in [0, 0.1) is 5.92 Å². The van der Waals surface area contributed by atoms with Crippen molar-refractivity contribution in [3.05, 3.63) is 0 Å². The Morgan fingerprint density at radius 2 is 1.89 bits per heavy atom. The standard InChI is InChI=1S/C13H25N3O2.HI/c1-14-13(16-7-5-11(17)6-8-16)15-9-10-3-2-4-12(10)18;/h10-12,17-18H,2-9H2,1H3,(H,14,15);1H. The minimum Gasteiger partial charge on any atom is -0.393 e. The van der Waals surface area contributed by atoms with Gasteiger partial charge in [0.25, 0.3) is 0 Å². The summed E-state index contributed by atoms with van der Waals surface area (Å²) in [7, 11) is 1.79. The Labute approximate surface area is 132 Å². The van der Waals surface area contributed by atoms with Gasteiger partial charge < -0.3 is 20.4 Å². The number of guanidine groups is 1. The number of hydrogen-bond donors (Lipinski definition) is 3. The molecule has 2 rings (SSSR count). The van der Waals surface area contributed by atoms with Crippen molar-refractivity contribution in [2.75, 3.05) is 26.7 Å². The Hall–Kier alpha value is -0.0800. The van der Waals surface area contributed by atoms with Crippen LogP contribution in [0.1, 0.15) is 32.1 Å².